The first kappa shape index (κ1) is 16.0. The van der Waals surface area contributed by atoms with Gasteiger partial charge in [0.25, 0.3) is 0 Å². The topological polar surface area (TPSA) is 47.9 Å². The van der Waals surface area contributed by atoms with Gasteiger partial charge in [-0.1, -0.05) is 24.3 Å². The molecular weight excluding hydrogens is 279 g/mol. The van der Waals surface area contributed by atoms with Crippen molar-refractivity contribution < 1.29 is 19.2 Å². The van der Waals surface area contributed by atoms with Gasteiger partial charge in [-0.3, -0.25) is 0 Å². The highest BCUT2D eigenvalue weighted by Crippen LogP contribution is 2.37. The van der Waals surface area contributed by atoms with E-state index in [1.54, 1.807) is 0 Å². The van der Waals surface area contributed by atoms with Crippen molar-refractivity contribution in [2.75, 3.05) is 13.2 Å². The average molecular weight is 304 g/mol. The fourth-order valence-electron chi connectivity index (χ4n) is 2.95. The fraction of sp³-hybridized carbons (Fsp3) is 0.647. The first-order chi connectivity index (χ1) is 10.2. The predicted octanol–water partition coefficient (Wildman–Crippen LogP) is 1.98. The van der Waals surface area contributed by atoms with Crippen molar-refractivity contribution in [2.24, 2.45) is 0 Å². The second kappa shape index (κ2) is 5.34. The summed E-state index contributed by atoms with van der Waals surface area (Å²) in [6.45, 7) is 9.37. The third-order valence-electron chi connectivity index (χ3n) is 5.27. The normalized spacial score (nSPS) is 26.1. The lowest BCUT2D eigenvalue weighted by Crippen LogP contribution is -2.41. The number of benzene rings is 1. The van der Waals surface area contributed by atoms with E-state index in [4.69, 9.17) is 14.0 Å². The van der Waals surface area contributed by atoms with Gasteiger partial charge in [0.15, 0.2) is 0 Å². The highest BCUT2D eigenvalue weighted by molar-refractivity contribution is 6.62. The van der Waals surface area contributed by atoms with Crippen LogP contribution >= 0.6 is 0 Å². The van der Waals surface area contributed by atoms with Crippen LogP contribution in [0, 0.1) is 0 Å². The standard InChI is InChI=1S/C17H25BO4/c1-15(2)16(3,4)22-18(21-15)14-7-5-6-13(12-14)17(19)8-10-20-11-9-17/h5-7,12,19H,8-11H2,1-4H3. The van der Waals surface area contributed by atoms with Crippen molar-refractivity contribution in [2.45, 2.75) is 57.3 Å². The van der Waals surface area contributed by atoms with Crippen molar-refractivity contribution in [3.63, 3.8) is 0 Å². The molecule has 0 saturated carbocycles. The van der Waals surface area contributed by atoms with E-state index in [2.05, 4.69) is 0 Å². The van der Waals surface area contributed by atoms with Crippen LogP contribution in [0.3, 0.4) is 0 Å². The molecule has 2 aliphatic rings. The van der Waals surface area contributed by atoms with Crippen LogP contribution in [-0.2, 0) is 19.6 Å². The number of hydrogen-bond acceptors (Lipinski definition) is 4. The minimum atomic E-state index is -0.808. The van der Waals surface area contributed by atoms with Gasteiger partial charge >= 0.3 is 7.12 Å². The molecule has 0 spiro atoms. The van der Waals surface area contributed by atoms with Crippen LogP contribution in [-0.4, -0.2) is 36.6 Å². The molecule has 2 aliphatic heterocycles. The monoisotopic (exact) mass is 304 g/mol. The third kappa shape index (κ3) is 2.71. The summed E-state index contributed by atoms with van der Waals surface area (Å²) in [5.74, 6) is 0. The molecule has 2 saturated heterocycles. The molecule has 2 heterocycles. The highest BCUT2D eigenvalue weighted by Gasteiger charge is 2.51. The summed E-state index contributed by atoms with van der Waals surface area (Å²) in [7, 11) is -0.395. The molecule has 2 fully saturated rings. The van der Waals surface area contributed by atoms with Crippen LogP contribution in [0.2, 0.25) is 0 Å². The van der Waals surface area contributed by atoms with E-state index in [1.807, 2.05) is 52.0 Å². The number of rotatable bonds is 2. The second-order valence-electron chi connectivity index (χ2n) is 7.36. The van der Waals surface area contributed by atoms with Crippen LogP contribution in [0.1, 0.15) is 46.1 Å². The van der Waals surface area contributed by atoms with Gasteiger partial charge in [0.2, 0.25) is 0 Å². The van der Waals surface area contributed by atoms with E-state index < -0.39 is 12.7 Å². The first-order valence-electron chi connectivity index (χ1n) is 8.00. The van der Waals surface area contributed by atoms with Crippen LogP contribution in [0.5, 0.6) is 0 Å². The molecule has 0 aromatic heterocycles. The molecular formula is C17H25BO4. The van der Waals surface area contributed by atoms with Crippen LogP contribution < -0.4 is 5.46 Å². The van der Waals surface area contributed by atoms with E-state index in [1.165, 1.54) is 0 Å². The Hall–Kier alpha value is -0.875. The average Bonchev–Trinajstić information content (AvgIpc) is 2.69. The molecule has 0 aliphatic carbocycles. The second-order valence-corrected chi connectivity index (χ2v) is 7.36. The summed E-state index contributed by atoms with van der Waals surface area (Å²) in [5, 5.41) is 10.9. The van der Waals surface area contributed by atoms with Gasteiger partial charge in [0, 0.05) is 26.1 Å². The summed E-state index contributed by atoms with van der Waals surface area (Å²) < 4.78 is 17.6. The molecule has 0 unspecified atom stereocenters. The lowest BCUT2D eigenvalue weighted by Gasteiger charge is -2.32. The van der Waals surface area contributed by atoms with Crippen molar-refractivity contribution >= 4 is 12.6 Å². The van der Waals surface area contributed by atoms with Crippen molar-refractivity contribution in [1.82, 2.24) is 0 Å². The molecule has 3 rings (SSSR count). The number of hydrogen-bond donors (Lipinski definition) is 1. The van der Waals surface area contributed by atoms with E-state index in [-0.39, 0.29) is 11.2 Å². The summed E-state index contributed by atoms with van der Waals surface area (Å²) in [5.41, 5.74) is 0.351. The van der Waals surface area contributed by atoms with Crippen molar-refractivity contribution in [1.29, 1.82) is 0 Å². The Bertz CT molecular complexity index is 533. The van der Waals surface area contributed by atoms with Gasteiger partial charge in [0.05, 0.1) is 16.8 Å². The Balaban J connectivity index is 1.86. The first-order valence-corrected chi connectivity index (χ1v) is 8.00. The Kier molecular flexibility index (Phi) is 3.88. The Morgan fingerprint density at radius 3 is 2.18 bits per heavy atom. The van der Waals surface area contributed by atoms with Crippen LogP contribution in [0.25, 0.3) is 0 Å². The van der Waals surface area contributed by atoms with E-state index >= 15 is 0 Å². The van der Waals surface area contributed by atoms with Gasteiger partial charge in [-0.25, -0.2) is 0 Å². The minimum Gasteiger partial charge on any atom is -0.399 e. The molecule has 1 aromatic rings. The Labute approximate surface area is 132 Å². The minimum absolute atomic E-state index is 0.358. The van der Waals surface area contributed by atoms with Gasteiger partial charge in [-0.05, 0) is 38.7 Å². The summed E-state index contributed by atoms with van der Waals surface area (Å²) in [6, 6.07) is 7.94. The predicted molar refractivity (Wildman–Crippen MR) is 86.1 cm³/mol. The van der Waals surface area contributed by atoms with Crippen molar-refractivity contribution in [3.8, 4) is 0 Å². The van der Waals surface area contributed by atoms with Gasteiger partial charge in [-0.2, -0.15) is 0 Å². The van der Waals surface area contributed by atoms with Gasteiger partial charge < -0.3 is 19.2 Å². The molecule has 0 amide bonds. The third-order valence-corrected chi connectivity index (χ3v) is 5.27. The van der Waals surface area contributed by atoms with E-state index in [0.717, 1.165) is 11.0 Å². The largest absolute Gasteiger partial charge is 0.494 e. The summed E-state index contributed by atoms with van der Waals surface area (Å²) in [6.07, 6.45) is 1.25. The molecule has 0 bridgehead atoms. The molecule has 1 aromatic carbocycles. The van der Waals surface area contributed by atoms with Crippen molar-refractivity contribution in [3.05, 3.63) is 29.8 Å². The lowest BCUT2D eigenvalue weighted by atomic mass is 9.75. The molecule has 0 atom stereocenters. The molecule has 4 nitrogen and oxygen atoms in total. The Morgan fingerprint density at radius 1 is 1.00 bits per heavy atom. The maximum absolute atomic E-state index is 10.9. The maximum atomic E-state index is 10.9. The Morgan fingerprint density at radius 2 is 1.59 bits per heavy atom. The number of aliphatic hydroxyl groups is 1. The molecule has 22 heavy (non-hydrogen) atoms. The molecule has 120 valence electrons. The maximum Gasteiger partial charge on any atom is 0.494 e. The smallest absolute Gasteiger partial charge is 0.399 e. The SMILES string of the molecule is CC1(C)OB(c2cccc(C3(O)CCOCC3)c2)OC1(C)C. The summed E-state index contributed by atoms with van der Waals surface area (Å²) in [4.78, 5) is 0. The van der Waals surface area contributed by atoms with Gasteiger partial charge in [-0.15, -0.1) is 0 Å². The summed E-state index contributed by atoms with van der Waals surface area (Å²) >= 11 is 0. The van der Waals surface area contributed by atoms with Crippen LogP contribution in [0.15, 0.2) is 24.3 Å². The zero-order valence-electron chi connectivity index (χ0n) is 13.9. The zero-order valence-corrected chi connectivity index (χ0v) is 13.9. The lowest BCUT2D eigenvalue weighted by molar-refractivity contribution is -0.0678. The van der Waals surface area contributed by atoms with E-state index in [9.17, 15) is 5.11 Å². The molecule has 0 radical (unpaired) electrons. The number of ether oxygens (including phenoxy) is 1. The van der Waals surface area contributed by atoms with E-state index in [0.29, 0.717) is 26.1 Å². The molecule has 5 heteroatoms. The van der Waals surface area contributed by atoms with Gasteiger partial charge in [0.1, 0.15) is 0 Å². The van der Waals surface area contributed by atoms with Crippen LogP contribution in [0.4, 0.5) is 0 Å². The zero-order chi connectivity index (χ0) is 16.0. The fourth-order valence-corrected chi connectivity index (χ4v) is 2.95. The quantitative estimate of drug-likeness (QED) is 0.849. The molecule has 1 N–H and O–H groups in total. The highest BCUT2D eigenvalue weighted by atomic mass is 16.7.